The number of carbonyl (C=O) groups is 1. The van der Waals surface area contributed by atoms with Crippen LogP contribution >= 0.6 is 0 Å². The lowest BCUT2D eigenvalue weighted by Gasteiger charge is -2.20. The van der Waals surface area contributed by atoms with Crippen molar-refractivity contribution in [3.05, 3.63) is 0 Å². The van der Waals surface area contributed by atoms with E-state index in [1.807, 2.05) is 20.8 Å². The number of nitrogens with one attached hydrogen (secondary N) is 2. The number of rotatable bonds is 7. The summed E-state index contributed by atoms with van der Waals surface area (Å²) >= 11 is 0. The molecule has 0 radical (unpaired) electrons. The van der Waals surface area contributed by atoms with Gasteiger partial charge >= 0.3 is 0 Å². The molecule has 1 aliphatic carbocycles. The summed E-state index contributed by atoms with van der Waals surface area (Å²) in [6, 6.07) is 0. The molecule has 0 aliphatic heterocycles. The highest BCUT2D eigenvalue weighted by atomic mass is 16.3. The molecule has 0 saturated heterocycles. The number of hydrogen-bond donors (Lipinski definition) is 3. The van der Waals surface area contributed by atoms with Crippen LogP contribution in [0.3, 0.4) is 0 Å². The Bertz CT molecular complexity index is 268. The molecule has 0 heterocycles. The molecular formula is C15H30N2O2. The summed E-state index contributed by atoms with van der Waals surface area (Å²) in [6.07, 6.45) is 6.27. The van der Waals surface area contributed by atoms with Crippen molar-refractivity contribution in [3.8, 4) is 0 Å². The third-order valence-electron chi connectivity index (χ3n) is 3.50. The van der Waals surface area contributed by atoms with Crippen molar-refractivity contribution in [2.24, 2.45) is 5.92 Å². The smallest absolute Gasteiger partial charge is 0.221 e. The monoisotopic (exact) mass is 270 g/mol. The Morgan fingerprint density at radius 2 is 1.95 bits per heavy atom. The molecule has 4 heteroatoms. The maximum atomic E-state index is 11.6. The second-order valence-corrected chi connectivity index (χ2v) is 6.79. The summed E-state index contributed by atoms with van der Waals surface area (Å²) in [5.74, 6) is 0.770. The Hall–Kier alpha value is -0.610. The minimum atomic E-state index is -0.270. The van der Waals surface area contributed by atoms with Crippen LogP contribution in [-0.4, -0.2) is 35.7 Å². The first kappa shape index (κ1) is 16.4. The number of amides is 1. The fourth-order valence-electron chi connectivity index (χ4n) is 2.67. The van der Waals surface area contributed by atoms with Gasteiger partial charge in [0.2, 0.25) is 5.91 Å². The largest absolute Gasteiger partial charge is 0.392 e. The van der Waals surface area contributed by atoms with Crippen LogP contribution in [0.25, 0.3) is 0 Å². The molecule has 112 valence electrons. The van der Waals surface area contributed by atoms with Gasteiger partial charge in [0.15, 0.2) is 0 Å². The Morgan fingerprint density at radius 3 is 2.53 bits per heavy atom. The van der Waals surface area contributed by atoms with E-state index in [1.54, 1.807) is 0 Å². The summed E-state index contributed by atoms with van der Waals surface area (Å²) in [7, 11) is 0. The van der Waals surface area contributed by atoms with Crippen molar-refractivity contribution in [3.63, 3.8) is 0 Å². The number of aliphatic hydroxyl groups is 1. The molecule has 0 aromatic carbocycles. The SMILES string of the molecule is CC(C)(C)NC(=O)CCNCC(O)CC1CCCC1. The third-order valence-corrected chi connectivity index (χ3v) is 3.50. The van der Waals surface area contributed by atoms with E-state index in [9.17, 15) is 9.90 Å². The maximum Gasteiger partial charge on any atom is 0.221 e. The van der Waals surface area contributed by atoms with Crippen LogP contribution in [0, 0.1) is 5.92 Å². The first-order chi connectivity index (χ1) is 8.87. The lowest BCUT2D eigenvalue weighted by atomic mass is 10.00. The van der Waals surface area contributed by atoms with E-state index >= 15 is 0 Å². The van der Waals surface area contributed by atoms with Crippen LogP contribution in [0.5, 0.6) is 0 Å². The maximum absolute atomic E-state index is 11.6. The molecule has 1 aliphatic rings. The predicted molar refractivity (Wildman–Crippen MR) is 78.0 cm³/mol. The zero-order chi connectivity index (χ0) is 14.3. The number of hydrogen-bond acceptors (Lipinski definition) is 3. The Labute approximate surface area is 117 Å². The highest BCUT2D eigenvalue weighted by Gasteiger charge is 2.18. The fourth-order valence-corrected chi connectivity index (χ4v) is 2.67. The normalized spacial score (nSPS) is 18.5. The van der Waals surface area contributed by atoms with Crippen LogP contribution < -0.4 is 10.6 Å². The first-order valence-electron chi connectivity index (χ1n) is 7.56. The number of carbonyl (C=O) groups excluding carboxylic acids is 1. The van der Waals surface area contributed by atoms with E-state index < -0.39 is 0 Å². The average Bonchev–Trinajstić information content (AvgIpc) is 2.74. The van der Waals surface area contributed by atoms with Gasteiger partial charge < -0.3 is 15.7 Å². The van der Waals surface area contributed by atoms with Gasteiger partial charge in [-0.25, -0.2) is 0 Å². The van der Waals surface area contributed by atoms with Crippen LogP contribution in [-0.2, 0) is 4.79 Å². The van der Waals surface area contributed by atoms with Gasteiger partial charge in [-0.3, -0.25) is 4.79 Å². The zero-order valence-electron chi connectivity index (χ0n) is 12.7. The molecule has 0 bridgehead atoms. The van der Waals surface area contributed by atoms with Crippen molar-refractivity contribution in [1.82, 2.24) is 10.6 Å². The molecule has 1 atom stereocenters. The minimum Gasteiger partial charge on any atom is -0.392 e. The van der Waals surface area contributed by atoms with E-state index in [-0.39, 0.29) is 17.6 Å². The molecule has 0 aromatic rings. The quantitative estimate of drug-likeness (QED) is 0.618. The number of aliphatic hydroxyl groups excluding tert-OH is 1. The van der Waals surface area contributed by atoms with Crippen molar-refractivity contribution in [2.75, 3.05) is 13.1 Å². The summed E-state index contributed by atoms with van der Waals surface area (Å²) in [5, 5.41) is 16.0. The van der Waals surface area contributed by atoms with Gasteiger partial charge in [0.05, 0.1) is 6.10 Å². The second-order valence-electron chi connectivity index (χ2n) is 6.79. The van der Waals surface area contributed by atoms with Gasteiger partial charge in [0.1, 0.15) is 0 Å². The van der Waals surface area contributed by atoms with Crippen LogP contribution in [0.15, 0.2) is 0 Å². The summed E-state index contributed by atoms with van der Waals surface area (Å²) in [5.41, 5.74) is -0.168. The minimum absolute atomic E-state index is 0.0604. The lowest BCUT2D eigenvalue weighted by Crippen LogP contribution is -2.42. The molecule has 19 heavy (non-hydrogen) atoms. The van der Waals surface area contributed by atoms with Gasteiger partial charge in [0, 0.05) is 25.0 Å². The highest BCUT2D eigenvalue weighted by molar-refractivity contribution is 5.76. The molecule has 1 unspecified atom stereocenters. The molecule has 4 nitrogen and oxygen atoms in total. The van der Waals surface area contributed by atoms with Crippen molar-refractivity contribution < 1.29 is 9.90 Å². The van der Waals surface area contributed by atoms with Gasteiger partial charge in [0.25, 0.3) is 0 Å². The summed E-state index contributed by atoms with van der Waals surface area (Å²) in [6.45, 7) is 7.15. The van der Waals surface area contributed by atoms with Crippen molar-refractivity contribution >= 4 is 5.91 Å². The van der Waals surface area contributed by atoms with Crippen LogP contribution in [0.4, 0.5) is 0 Å². The van der Waals surface area contributed by atoms with E-state index in [2.05, 4.69) is 10.6 Å². The second kappa shape index (κ2) is 7.85. The van der Waals surface area contributed by atoms with Crippen molar-refractivity contribution in [2.45, 2.75) is 70.9 Å². The molecule has 0 spiro atoms. The van der Waals surface area contributed by atoms with E-state index in [4.69, 9.17) is 0 Å². The first-order valence-corrected chi connectivity index (χ1v) is 7.56. The van der Waals surface area contributed by atoms with Crippen LogP contribution in [0.2, 0.25) is 0 Å². The molecule has 1 rings (SSSR count). The highest BCUT2D eigenvalue weighted by Crippen LogP contribution is 2.28. The van der Waals surface area contributed by atoms with Crippen LogP contribution in [0.1, 0.15) is 59.3 Å². The molecule has 1 amide bonds. The average molecular weight is 270 g/mol. The molecule has 3 N–H and O–H groups in total. The predicted octanol–water partition coefficient (Wildman–Crippen LogP) is 1.82. The van der Waals surface area contributed by atoms with Gasteiger partial charge in [-0.2, -0.15) is 0 Å². The molecular weight excluding hydrogens is 240 g/mol. The Balaban J connectivity index is 2.01. The summed E-state index contributed by atoms with van der Waals surface area (Å²) in [4.78, 5) is 11.6. The fraction of sp³-hybridized carbons (Fsp3) is 0.933. The van der Waals surface area contributed by atoms with E-state index in [1.165, 1.54) is 25.7 Å². The standard InChI is InChI=1S/C15H30N2O2/c1-15(2,3)17-14(19)8-9-16-11-13(18)10-12-6-4-5-7-12/h12-13,16,18H,4-11H2,1-3H3,(H,17,19). The van der Waals surface area contributed by atoms with Gasteiger partial charge in [-0.05, 0) is 33.1 Å². The lowest BCUT2D eigenvalue weighted by molar-refractivity contribution is -0.122. The van der Waals surface area contributed by atoms with Gasteiger partial charge in [-0.15, -0.1) is 0 Å². The zero-order valence-corrected chi connectivity index (χ0v) is 12.7. The topological polar surface area (TPSA) is 61.4 Å². The van der Waals surface area contributed by atoms with E-state index in [0.29, 0.717) is 25.4 Å². The molecule has 1 saturated carbocycles. The van der Waals surface area contributed by atoms with Crippen molar-refractivity contribution in [1.29, 1.82) is 0 Å². The van der Waals surface area contributed by atoms with Gasteiger partial charge in [-0.1, -0.05) is 25.7 Å². The summed E-state index contributed by atoms with van der Waals surface area (Å²) < 4.78 is 0. The third kappa shape index (κ3) is 8.22. The molecule has 0 aromatic heterocycles. The Morgan fingerprint density at radius 1 is 1.32 bits per heavy atom. The molecule has 1 fully saturated rings. The van der Waals surface area contributed by atoms with E-state index in [0.717, 1.165) is 6.42 Å². The Kier molecular flexibility index (Phi) is 6.80.